The molecule has 0 rings (SSSR count). The van der Waals surface area contributed by atoms with Crippen molar-refractivity contribution in [2.45, 2.75) is 0 Å². The van der Waals surface area contributed by atoms with Crippen LogP contribution in [0.3, 0.4) is 0 Å². The quantitative estimate of drug-likeness (QED) is 0.251. The van der Waals surface area contributed by atoms with Crippen molar-refractivity contribution in [2.24, 2.45) is 5.84 Å². The molecule has 0 saturated carbocycles. The van der Waals surface area contributed by atoms with Crippen LogP contribution in [0.25, 0.3) is 0 Å². The summed E-state index contributed by atoms with van der Waals surface area (Å²) in [4.78, 5) is 0. The topological polar surface area (TPSA) is 83.6 Å². The van der Waals surface area contributed by atoms with Crippen molar-refractivity contribution < 1.29 is 13.0 Å². The number of hydrogen-bond donors (Lipinski definition) is 2. The summed E-state index contributed by atoms with van der Waals surface area (Å²) < 4.78 is 28.7. The fraction of sp³-hybridized carbons (Fsp3) is 0.600. The Hall–Kier alpha value is -0.430. The molecule has 0 unspecified atom stereocenters. The zero-order chi connectivity index (χ0) is 8.91. The third-order valence-corrected chi connectivity index (χ3v) is 1.70. The van der Waals surface area contributed by atoms with Gasteiger partial charge in [-0.05, 0) is 0 Å². The Labute approximate surface area is 66.2 Å². The molecule has 0 aliphatic carbocycles. The highest BCUT2D eigenvalue weighted by atomic mass is 32.2. The highest BCUT2D eigenvalue weighted by Gasteiger charge is 2.05. The van der Waals surface area contributed by atoms with Crippen molar-refractivity contribution in [3.05, 3.63) is 12.7 Å². The van der Waals surface area contributed by atoms with E-state index in [4.69, 9.17) is 10.4 Å². The lowest BCUT2D eigenvalue weighted by molar-refractivity contribution is 0.330. The second-order valence-electron chi connectivity index (χ2n) is 2.07. The number of rotatable bonds is 5. The van der Waals surface area contributed by atoms with E-state index in [1.165, 1.54) is 5.01 Å². The van der Waals surface area contributed by atoms with Gasteiger partial charge in [-0.25, -0.2) is 5.01 Å². The lowest BCUT2D eigenvalue weighted by Gasteiger charge is -2.11. The summed E-state index contributed by atoms with van der Waals surface area (Å²) in [5.74, 6) is 4.93. The zero-order valence-electron chi connectivity index (χ0n) is 6.10. The summed E-state index contributed by atoms with van der Waals surface area (Å²) in [6.07, 6.45) is 1.55. The molecule has 0 aliphatic rings. The van der Waals surface area contributed by atoms with Gasteiger partial charge >= 0.3 is 0 Å². The average Bonchev–Trinajstić information content (AvgIpc) is 1.83. The first kappa shape index (κ1) is 10.6. The Morgan fingerprint density at radius 2 is 2.18 bits per heavy atom. The van der Waals surface area contributed by atoms with Crippen molar-refractivity contribution in [1.29, 1.82) is 0 Å². The van der Waals surface area contributed by atoms with Gasteiger partial charge in [-0.15, -0.1) is 6.58 Å². The molecule has 0 bridgehead atoms. The third kappa shape index (κ3) is 7.47. The average molecular weight is 180 g/mol. The van der Waals surface area contributed by atoms with Crippen molar-refractivity contribution in [1.82, 2.24) is 5.01 Å². The van der Waals surface area contributed by atoms with Crippen molar-refractivity contribution >= 4 is 10.1 Å². The smallest absolute Gasteiger partial charge is 0.266 e. The van der Waals surface area contributed by atoms with Crippen LogP contribution in [0.5, 0.6) is 0 Å². The third-order valence-electron chi connectivity index (χ3n) is 1.00. The van der Waals surface area contributed by atoms with Gasteiger partial charge in [0.2, 0.25) is 0 Å². The first-order chi connectivity index (χ1) is 4.95. The van der Waals surface area contributed by atoms with Gasteiger partial charge in [0.05, 0.1) is 5.75 Å². The second kappa shape index (κ2) is 4.45. The molecule has 3 N–H and O–H groups in total. The zero-order valence-corrected chi connectivity index (χ0v) is 6.92. The summed E-state index contributed by atoms with van der Waals surface area (Å²) >= 11 is 0. The fourth-order valence-electron chi connectivity index (χ4n) is 0.490. The fourth-order valence-corrected chi connectivity index (χ4v) is 0.955. The first-order valence-electron chi connectivity index (χ1n) is 3.01. The Bertz CT molecular complexity index is 212. The van der Waals surface area contributed by atoms with Crippen LogP contribution >= 0.6 is 0 Å². The number of nitrogens with zero attached hydrogens (tertiary/aromatic N) is 1. The highest BCUT2D eigenvalue weighted by molar-refractivity contribution is 7.85. The van der Waals surface area contributed by atoms with Gasteiger partial charge in [0.15, 0.2) is 0 Å². The summed E-state index contributed by atoms with van der Waals surface area (Å²) in [5, 5.41) is 1.25. The van der Waals surface area contributed by atoms with Gasteiger partial charge in [0, 0.05) is 13.1 Å². The number of nitrogens with two attached hydrogens (primary N) is 1. The van der Waals surface area contributed by atoms with Crippen LogP contribution in [0.15, 0.2) is 12.7 Å². The van der Waals surface area contributed by atoms with Crippen molar-refractivity contribution in [3.8, 4) is 0 Å². The standard InChI is InChI=1S/C5H12N2O3S/c1-2-3-7(6)4-5-11(8,9)10/h2H,1,3-6H2,(H,8,9,10). The molecular weight excluding hydrogens is 168 g/mol. The molecule has 0 aliphatic heterocycles. The van der Waals surface area contributed by atoms with Crippen LogP contribution in [0, 0.1) is 0 Å². The van der Waals surface area contributed by atoms with E-state index in [1.807, 2.05) is 0 Å². The van der Waals surface area contributed by atoms with Crippen LogP contribution in [-0.4, -0.2) is 36.8 Å². The Balaban J connectivity index is 3.62. The number of hydrogen-bond acceptors (Lipinski definition) is 4. The van der Waals surface area contributed by atoms with E-state index >= 15 is 0 Å². The molecule has 0 radical (unpaired) electrons. The van der Waals surface area contributed by atoms with Gasteiger partial charge < -0.3 is 0 Å². The van der Waals surface area contributed by atoms with E-state index < -0.39 is 10.1 Å². The number of hydrazine groups is 1. The molecule has 0 saturated heterocycles. The Kier molecular flexibility index (Phi) is 4.27. The van der Waals surface area contributed by atoms with Crippen molar-refractivity contribution in [3.63, 3.8) is 0 Å². The minimum atomic E-state index is -3.89. The predicted octanol–water partition coefficient (Wildman–Crippen LogP) is -0.764. The summed E-state index contributed by atoms with van der Waals surface area (Å²) in [6, 6.07) is 0. The lowest BCUT2D eigenvalue weighted by Crippen LogP contribution is -2.35. The van der Waals surface area contributed by atoms with Gasteiger partial charge in [0.1, 0.15) is 0 Å². The first-order valence-corrected chi connectivity index (χ1v) is 4.62. The van der Waals surface area contributed by atoms with Crippen LogP contribution in [0.4, 0.5) is 0 Å². The van der Waals surface area contributed by atoms with E-state index in [1.54, 1.807) is 6.08 Å². The molecule has 0 aromatic heterocycles. The molecule has 0 fully saturated rings. The molecule has 66 valence electrons. The minimum absolute atomic E-state index is 0.102. The van der Waals surface area contributed by atoms with Gasteiger partial charge in [0.25, 0.3) is 10.1 Å². The molecule has 0 heterocycles. The molecule has 11 heavy (non-hydrogen) atoms. The summed E-state index contributed by atoms with van der Waals surface area (Å²) in [6.45, 7) is 3.91. The monoisotopic (exact) mass is 180 g/mol. The maximum Gasteiger partial charge on any atom is 0.266 e. The van der Waals surface area contributed by atoms with E-state index in [-0.39, 0.29) is 12.3 Å². The summed E-state index contributed by atoms with van der Waals surface area (Å²) in [5.41, 5.74) is 0. The molecule has 0 amide bonds. The van der Waals surface area contributed by atoms with Crippen LogP contribution in [0.1, 0.15) is 0 Å². The Morgan fingerprint density at radius 3 is 2.55 bits per heavy atom. The SMILES string of the molecule is C=CCN(N)CCS(=O)(=O)O. The van der Waals surface area contributed by atoms with Crippen LogP contribution < -0.4 is 5.84 Å². The van der Waals surface area contributed by atoms with E-state index in [0.717, 1.165) is 0 Å². The molecule has 0 aromatic carbocycles. The van der Waals surface area contributed by atoms with Gasteiger partial charge in [-0.3, -0.25) is 10.4 Å². The molecule has 6 heteroatoms. The molecule has 0 spiro atoms. The van der Waals surface area contributed by atoms with E-state index in [9.17, 15) is 8.42 Å². The molecular formula is C5H12N2O3S. The van der Waals surface area contributed by atoms with Crippen LogP contribution in [-0.2, 0) is 10.1 Å². The molecule has 0 atom stereocenters. The Morgan fingerprint density at radius 1 is 1.64 bits per heavy atom. The predicted molar refractivity (Wildman–Crippen MR) is 42.4 cm³/mol. The maximum absolute atomic E-state index is 10.2. The van der Waals surface area contributed by atoms with E-state index in [2.05, 4.69) is 6.58 Å². The molecule has 0 aromatic rings. The summed E-state index contributed by atoms with van der Waals surface area (Å²) in [7, 11) is -3.89. The van der Waals surface area contributed by atoms with Crippen molar-refractivity contribution in [2.75, 3.05) is 18.8 Å². The molecule has 5 nitrogen and oxygen atoms in total. The maximum atomic E-state index is 10.2. The van der Waals surface area contributed by atoms with E-state index in [0.29, 0.717) is 6.54 Å². The highest BCUT2D eigenvalue weighted by Crippen LogP contribution is 1.84. The van der Waals surface area contributed by atoms with Crippen LogP contribution in [0.2, 0.25) is 0 Å². The van der Waals surface area contributed by atoms with Gasteiger partial charge in [-0.1, -0.05) is 6.08 Å². The lowest BCUT2D eigenvalue weighted by atomic mass is 10.6. The second-order valence-corrected chi connectivity index (χ2v) is 3.64. The largest absolute Gasteiger partial charge is 0.286 e. The minimum Gasteiger partial charge on any atom is -0.286 e. The van der Waals surface area contributed by atoms with Gasteiger partial charge in [-0.2, -0.15) is 8.42 Å². The normalized spacial score (nSPS) is 11.9.